The lowest BCUT2D eigenvalue weighted by Crippen LogP contribution is -2.41. The topological polar surface area (TPSA) is 75.5 Å². The number of fused-ring (bicyclic) bond motifs is 1. The summed E-state index contributed by atoms with van der Waals surface area (Å²) in [5.74, 6) is 7.44. The molecule has 34 heavy (non-hydrogen) atoms. The summed E-state index contributed by atoms with van der Waals surface area (Å²) in [6.07, 6.45) is 8.87. The van der Waals surface area contributed by atoms with Crippen LogP contribution < -0.4 is 4.74 Å². The van der Waals surface area contributed by atoms with Gasteiger partial charge in [0.2, 0.25) is 0 Å². The SMILES string of the molecule is COc1ccc2nccc(CCC[C@@H]3CCN(CC#Cc4nccs4)C[C@@H]3CCC(=O)O)c2c1. The zero-order chi connectivity index (χ0) is 23.8. The predicted molar refractivity (Wildman–Crippen MR) is 135 cm³/mol. The molecule has 2 atom stereocenters. The van der Waals surface area contributed by atoms with Crippen molar-refractivity contribution < 1.29 is 14.6 Å². The summed E-state index contributed by atoms with van der Waals surface area (Å²) < 4.78 is 5.40. The minimum absolute atomic E-state index is 0.231. The monoisotopic (exact) mass is 477 g/mol. The normalized spacial score (nSPS) is 18.4. The smallest absolute Gasteiger partial charge is 0.303 e. The van der Waals surface area contributed by atoms with E-state index in [1.165, 1.54) is 5.56 Å². The van der Waals surface area contributed by atoms with Crippen LogP contribution in [0.25, 0.3) is 10.9 Å². The zero-order valence-electron chi connectivity index (χ0n) is 19.6. The highest BCUT2D eigenvalue weighted by atomic mass is 32.1. The van der Waals surface area contributed by atoms with E-state index >= 15 is 0 Å². The molecular weight excluding hydrogens is 446 g/mol. The van der Waals surface area contributed by atoms with Crippen molar-refractivity contribution in [3.05, 3.63) is 52.6 Å². The molecule has 0 spiro atoms. The van der Waals surface area contributed by atoms with Crippen LogP contribution in [-0.2, 0) is 11.2 Å². The quantitative estimate of drug-likeness (QED) is 0.443. The number of carbonyl (C=O) groups is 1. The first-order valence-corrected chi connectivity index (χ1v) is 12.7. The van der Waals surface area contributed by atoms with Crippen molar-refractivity contribution in [2.24, 2.45) is 11.8 Å². The number of piperidine rings is 1. The standard InChI is InChI=1S/C27H31N3O3S/c1-33-23-8-9-25-24(18-23)21(11-13-28-25)5-2-4-20-12-16-30(19-22(20)7-10-27(31)32)15-3-6-26-29-14-17-34-26/h8-9,11,13-14,17-18,20,22H,2,4-5,7,10,12,15-16,19H2,1H3,(H,31,32)/t20-,22+/m1/s1. The Morgan fingerprint density at radius 1 is 1.24 bits per heavy atom. The highest BCUT2D eigenvalue weighted by molar-refractivity contribution is 7.10. The van der Waals surface area contributed by atoms with Crippen molar-refractivity contribution in [2.45, 2.75) is 38.5 Å². The molecule has 1 aromatic carbocycles. The molecule has 0 aliphatic carbocycles. The number of likely N-dealkylation sites (tertiary alicyclic amines) is 1. The summed E-state index contributed by atoms with van der Waals surface area (Å²) in [6, 6.07) is 8.12. The number of hydrogen-bond donors (Lipinski definition) is 1. The van der Waals surface area contributed by atoms with Crippen LogP contribution in [0.2, 0.25) is 0 Å². The molecular formula is C27H31N3O3S. The maximum absolute atomic E-state index is 11.3. The molecule has 0 bridgehead atoms. The molecule has 178 valence electrons. The van der Waals surface area contributed by atoms with Crippen molar-refractivity contribution in [2.75, 3.05) is 26.7 Å². The van der Waals surface area contributed by atoms with E-state index in [0.29, 0.717) is 18.4 Å². The van der Waals surface area contributed by atoms with Crippen molar-refractivity contribution >= 4 is 28.2 Å². The zero-order valence-corrected chi connectivity index (χ0v) is 20.4. The fourth-order valence-electron chi connectivity index (χ4n) is 4.91. The number of benzene rings is 1. The van der Waals surface area contributed by atoms with E-state index in [0.717, 1.165) is 66.9 Å². The minimum atomic E-state index is -0.711. The Morgan fingerprint density at radius 3 is 2.94 bits per heavy atom. The first-order chi connectivity index (χ1) is 16.6. The Hall–Kier alpha value is -2.95. The summed E-state index contributed by atoms with van der Waals surface area (Å²) in [5.41, 5.74) is 2.28. The van der Waals surface area contributed by atoms with Crippen LogP contribution in [0.1, 0.15) is 42.7 Å². The van der Waals surface area contributed by atoms with Crippen molar-refractivity contribution in [1.82, 2.24) is 14.9 Å². The third-order valence-corrected chi connectivity index (χ3v) is 7.38. The van der Waals surface area contributed by atoms with Crippen LogP contribution >= 0.6 is 11.3 Å². The maximum Gasteiger partial charge on any atom is 0.303 e. The van der Waals surface area contributed by atoms with Crippen LogP contribution in [0.4, 0.5) is 0 Å². The largest absolute Gasteiger partial charge is 0.497 e. The van der Waals surface area contributed by atoms with Gasteiger partial charge in [-0.05, 0) is 86.2 Å². The Morgan fingerprint density at radius 2 is 2.15 bits per heavy atom. The molecule has 1 fully saturated rings. The lowest BCUT2D eigenvalue weighted by Gasteiger charge is -2.38. The van der Waals surface area contributed by atoms with E-state index in [4.69, 9.17) is 4.74 Å². The second-order valence-electron chi connectivity index (χ2n) is 8.86. The summed E-state index contributed by atoms with van der Waals surface area (Å²) in [6.45, 7) is 2.64. The van der Waals surface area contributed by atoms with Gasteiger partial charge in [-0.25, -0.2) is 4.98 Å². The number of aliphatic carboxylic acids is 1. The van der Waals surface area contributed by atoms with Crippen LogP contribution in [0.15, 0.2) is 42.0 Å². The average Bonchev–Trinajstić information content (AvgIpc) is 3.37. The first kappa shape index (κ1) is 24.2. The number of hydrogen-bond acceptors (Lipinski definition) is 6. The first-order valence-electron chi connectivity index (χ1n) is 11.9. The van der Waals surface area contributed by atoms with Gasteiger partial charge in [0.05, 0.1) is 19.2 Å². The Bertz CT molecular complexity index is 1150. The van der Waals surface area contributed by atoms with Crippen molar-refractivity contribution in [1.29, 1.82) is 0 Å². The fraction of sp³-hybridized carbons (Fsp3) is 0.444. The van der Waals surface area contributed by atoms with Gasteiger partial charge in [0.25, 0.3) is 0 Å². The number of nitrogens with zero attached hydrogens (tertiary/aromatic N) is 3. The average molecular weight is 478 g/mol. The molecule has 3 heterocycles. The lowest BCUT2D eigenvalue weighted by molar-refractivity contribution is -0.137. The number of ether oxygens (including phenoxy) is 1. The van der Waals surface area contributed by atoms with Crippen LogP contribution in [-0.4, -0.2) is 52.7 Å². The van der Waals surface area contributed by atoms with Gasteiger partial charge in [-0.3, -0.25) is 14.7 Å². The van der Waals surface area contributed by atoms with Gasteiger partial charge < -0.3 is 9.84 Å². The highest BCUT2D eigenvalue weighted by Crippen LogP contribution is 2.32. The van der Waals surface area contributed by atoms with E-state index in [-0.39, 0.29) is 6.42 Å². The van der Waals surface area contributed by atoms with Gasteiger partial charge in [0, 0.05) is 36.1 Å². The van der Waals surface area contributed by atoms with Crippen LogP contribution in [0.5, 0.6) is 5.75 Å². The summed E-state index contributed by atoms with van der Waals surface area (Å²) in [5, 5.41) is 13.2. The van der Waals surface area contributed by atoms with Gasteiger partial charge in [-0.15, -0.1) is 11.3 Å². The molecule has 0 amide bonds. The molecule has 1 saturated heterocycles. The van der Waals surface area contributed by atoms with Crippen molar-refractivity contribution in [3.63, 3.8) is 0 Å². The van der Waals surface area contributed by atoms with E-state index in [1.807, 2.05) is 23.7 Å². The number of carboxylic acids is 1. The van der Waals surface area contributed by atoms with Gasteiger partial charge in [-0.1, -0.05) is 5.92 Å². The Balaban J connectivity index is 1.35. The number of aryl methyl sites for hydroxylation is 1. The molecule has 7 heteroatoms. The maximum atomic E-state index is 11.3. The predicted octanol–water partition coefficient (Wildman–Crippen LogP) is 4.88. The third-order valence-electron chi connectivity index (χ3n) is 6.69. The number of aromatic nitrogens is 2. The molecule has 2 aromatic heterocycles. The summed E-state index contributed by atoms with van der Waals surface area (Å²) in [7, 11) is 1.69. The molecule has 1 N–H and O–H groups in total. The Labute approximate surface area is 205 Å². The number of rotatable bonds is 9. The number of thiazole rings is 1. The molecule has 0 unspecified atom stereocenters. The second kappa shape index (κ2) is 12.0. The molecule has 3 aromatic rings. The molecule has 4 rings (SSSR count). The fourth-order valence-corrected chi connectivity index (χ4v) is 5.41. The van der Waals surface area contributed by atoms with E-state index in [9.17, 15) is 9.90 Å². The van der Waals surface area contributed by atoms with E-state index < -0.39 is 5.97 Å². The molecule has 1 aliphatic heterocycles. The van der Waals surface area contributed by atoms with Crippen LogP contribution in [0, 0.1) is 23.7 Å². The molecule has 1 aliphatic rings. The lowest BCUT2D eigenvalue weighted by atomic mass is 9.79. The molecule has 6 nitrogen and oxygen atoms in total. The van der Waals surface area contributed by atoms with Crippen LogP contribution in [0.3, 0.4) is 0 Å². The third kappa shape index (κ3) is 6.55. The summed E-state index contributed by atoms with van der Waals surface area (Å²) >= 11 is 1.55. The van der Waals surface area contributed by atoms with Crippen molar-refractivity contribution in [3.8, 4) is 17.6 Å². The molecule has 0 saturated carbocycles. The van der Waals surface area contributed by atoms with Gasteiger partial charge in [0.15, 0.2) is 5.01 Å². The minimum Gasteiger partial charge on any atom is -0.497 e. The van der Waals surface area contributed by atoms with E-state index in [2.05, 4.69) is 38.8 Å². The number of methoxy groups -OCH3 is 1. The second-order valence-corrected chi connectivity index (χ2v) is 9.76. The van der Waals surface area contributed by atoms with Gasteiger partial charge >= 0.3 is 5.97 Å². The number of pyridine rings is 1. The van der Waals surface area contributed by atoms with E-state index in [1.54, 1.807) is 24.6 Å². The number of carboxylic acid groups (broad SMARTS) is 1. The van der Waals surface area contributed by atoms with Gasteiger partial charge in [-0.2, -0.15) is 0 Å². The Kier molecular flexibility index (Phi) is 8.51. The van der Waals surface area contributed by atoms with Gasteiger partial charge in [0.1, 0.15) is 5.75 Å². The molecule has 0 radical (unpaired) electrons. The summed E-state index contributed by atoms with van der Waals surface area (Å²) in [4.78, 5) is 22.3. The highest BCUT2D eigenvalue weighted by Gasteiger charge is 2.28.